The average Bonchev–Trinajstić information content (AvgIpc) is 3.18. The van der Waals surface area contributed by atoms with Gasteiger partial charge in [0.25, 0.3) is 5.91 Å². The number of fused-ring (bicyclic) bond motifs is 1. The number of carbonyl (C=O) groups excluding carboxylic acids is 2. The van der Waals surface area contributed by atoms with Crippen molar-refractivity contribution in [1.82, 2.24) is 14.8 Å². The molecule has 2 unspecified atom stereocenters. The summed E-state index contributed by atoms with van der Waals surface area (Å²) in [5, 5.41) is 22.5. The summed E-state index contributed by atoms with van der Waals surface area (Å²) in [6, 6.07) is -0.286. The van der Waals surface area contributed by atoms with Crippen molar-refractivity contribution in [3.8, 4) is 0 Å². The van der Waals surface area contributed by atoms with Crippen LogP contribution in [0.2, 0.25) is 0 Å². The van der Waals surface area contributed by atoms with Crippen LogP contribution in [0.25, 0.3) is 0 Å². The molecule has 1 aromatic heterocycles. The highest BCUT2D eigenvalue weighted by atomic mass is 32.2. The normalized spacial score (nSPS) is 28.8. The first-order valence-corrected chi connectivity index (χ1v) is 12.2. The lowest BCUT2D eigenvalue weighted by Gasteiger charge is -2.46. The molecule has 3 fully saturated rings. The quantitative estimate of drug-likeness (QED) is 0.601. The Balaban J connectivity index is 1.25. The Morgan fingerprint density at radius 2 is 2.03 bits per heavy atom. The summed E-state index contributed by atoms with van der Waals surface area (Å²) in [5.41, 5.74) is 0.558. The van der Waals surface area contributed by atoms with Gasteiger partial charge in [0, 0.05) is 47.6 Å². The number of rotatable bonds is 6. The second-order valence-electron chi connectivity index (χ2n) is 8.58. The number of thiazole rings is 1. The van der Waals surface area contributed by atoms with Crippen molar-refractivity contribution >= 4 is 46.0 Å². The fraction of sp³-hybridized carbons (Fsp3) is 0.600. The first-order valence-electron chi connectivity index (χ1n) is 10.4. The van der Waals surface area contributed by atoms with Crippen LogP contribution in [-0.2, 0) is 9.59 Å². The second-order valence-corrected chi connectivity index (χ2v) is 10.8. The molecule has 3 saturated heterocycles. The summed E-state index contributed by atoms with van der Waals surface area (Å²) in [7, 11) is 0. The first kappa shape index (κ1) is 20.8. The van der Waals surface area contributed by atoms with Gasteiger partial charge in [-0.15, -0.1) is 23.1 Å². The van der Waals surface area contributed by atoms with Crippen molar-refractivity contribution < 1.29 is 24.6 Å². The van der Waals surface area contributed by atoms with Gasteiger partial charge in [0.15, 0.2) is 5.13 Å². The summed E-state index contributed by atoms with van der Waals surface area (Å²) in [6.45, 7) is 6.52. The van der Waals surface area contributed by atoms with Crippen LogP contribution in [0.4, 0.5) is 5.13 Å². The molecule has 5 rings (SSSR count). The smallest absolute Gasteiger partial charge is 0.353 e. The van der Waals surface area contributed by atoms with Crippen molar-refractivity contribution in [3.05, 3.63) is 21.7 Å². The zero-order chi connectivity index (χ0) is 22.0. The van der Waals surface area contributed by atoms with Gasteiger partial charge < -0.3 is 24.9 Å². The summed E-state index contributed by atoms with van der Waals surface area (Å²) in [5.74, 6) is -2.09. The van der Waals surface area contributed by atoms with Crippen LogP contribution in [0.5, 0.6) is 0 Å². The number of amides is 2. The van der Waals surface area contributed by atoms with E-state index in [9.17, 15) is 24.6 Å². The van der Waals surface area contributed by atoms with Gasteiger partial charge in [-0.1, -0.05) is 6.92 Å². The van der Waals surface area contributed by atoms with Crippen LogP contribution in [0.3, 0.4) is 0 Å². The molecule has 4 aliphatic rings. The minimum absolute atomic E-state index is 0.0157. The molecule has 1 aromatic rings. The molecule has 0 radical (unpaired) electrons. The van der Waals surface area contributed by atoms with Crippen LogP contribution in [0, 0.1) is 11.8 Å². The molecular formula is C20H24N4O5S2. The number of aliphatic hydroxyl groups excluding tert-OH is 1. The number of aliphatic carboxylic acids is 1. The van der Waals surface area contributed by atoms with Crippen LogP contribution >= 0.6 is 23.1 Å². The molecular weight excluding hydrogens is 440 g/mol. The van der Waals surface area contributed by atoms with E-state index in [2.05, 4.69) is 9.88 Å². The van der Waals surface area contributed by atoms with Crippen LogP contribution in [0.15, 0.2) is 16.0 Å². The third-order valence-electron chi connectivity index (χ3n) is 6.58. The van der Waals surface area contributed by atoms with Crippen molar-refractivity contribution in [2.75, 3.05) is 31.1 Å². The average molecular weight is 465 g/mol. The third-order valence-corrected chi connectivity index (χ3v) is 8.93. The zero-order valence-corrected chi connectivity index (χ0v) is 18.9. The highest BCUT2D eigenvalue weighted by Crippen LogP contribution is 2.52. The fourth-order valence-corrected chi connectivity index (χ4v) is 7.06. The number of hydrogen-bond donors (Lipinski definition) is 2. The number of hydrogen-bond acceptors (Lipinski definition) is 8. The Morgan fingerprint density at radius 3 is 2.61 bits per heavy atom. The Kier molecular flexibility index (Phi) is 5.02. The number of aliphatic hydroxyl groups is 1. The Morgan fingerprint density at radius 1 is 1.32 bits per heavy atom. The van der Waals surface area contributed by atoms with E-state index in [-0.39, 0.29) is 34.7 Å². The Labute approximate surface area is 187 Å². The van der Waals surface area contributed by atoms with Crippen molar-refractivity contribution in [1.29, 1.82) is 0 Å². The van der Waals surface area contributed by atoms with E-state index in [1.165, 1.54) is 28.0 Å². The molecule has 2 amide bonds. The van der Waals surface area contributed by atoms with Crippen molar-refractivity contribution in [2.45, 2.75) is 37.7 Å². The van der Waals surface area contributed by atoms with Crippen molar-refractivity contribution in [3.63, 3.8) is 0 Å². The van der Waals surface area contributed by atoms with Gasteiger partial charge in [0.1, 0.15) is 11.4 Å². The molecule has 5 heterocycles. The standard InChI is InChI=1S/C20H24N4O5S2/c1-9-14-13(10(2)25)18(27)24(14)15(19(28)29)16(9)31-11-6-23(7-11)20-21-12(8-30-20)17(26)22-4-3-5-22/h8-11,13-14,25H,3-7H2,1-2H3,(H,28,29)/t9-,10-,13?,14?/m1/s1. The van der Waals surface area contributed by atoms with E-state index in [1.807, 2.05) is 6.92 Å². The predicted molar refractivity (Wildman–Crippen MR) is 116 cm³/mol. The summed E-state index contributed by atoms with van der Waals surface area (Å²) < 4.78 is 0. The van der Waals surface area contributed by atoms with Crippen LogP contribution < -0.4 is 4.90 Å². The van der Waals surface area contributed by atoms with Gasteiger partial charge in [-0.3, -0.25) is 9.59 Å². The molecule has 0 bridgehead atoms. The molecule has 4 atom stereocenters. The second kappa shape index (κ2) is 7.49. The SMILES string of the molecule is C[C@@H](O)C1C(=O)N2C(C(=O)O)=C(SC3CN(c4nc(C(=O)N5CCC5)cs4)C3)[C@H](C)C12. The third kappa shape index (κ3) is 3.16. The maximum absolute atomic E-state index is 12.4. The van der Waals surface area contributed by atoms with E-state index in [0.29, 0.717) is 23.7 Å². The van der Waals surface area contributed by atoms with E-state index >= 15 is 0 Å². The molecule has 11 heteroatoms. The minimum atomic E-state index is -1.10. The number of thioether (sulfide) groups is 1. The fourth-order valence-electron chi connectivity index (χ4n) is 4.72. The minimum Gasteiger partial charge on any atom is -0.477 e. The maximum Gasteiger partial charge on any atom is 0.353 e. The highest BCUT2D eigenvalue weighted by molar-refractivity contribution is 8.03. The number of anilines is 1. The molecule has 0 spiro atoms. The molecule has 4 aliphatic heterocycles. The van der Waals surface area contributed by atoms with E-state index in [1.54, 1.807) is 17.2 Å². The number of carbonyl (C=O) groups is 3. The predicted octanol–water partition coefficient (Wildman–Crippen LogP) is 1.06. The van der Waals surface area contributed by atoms with Gasteiger partial charge in [-0.25, -0.2) is 9.78 Å². The molecule has 9 nitrogen and oxygen atoms in total. The lowest BCUT2D eigenvalue weighted by molar-refractivity contribution is -0.163. The van der Waals surface area contributed by atoms with E-state index in [0.717, 1.165) is 24.6 Å². The summed E-state index contributed by atoms with van der Waals surface area (Å²) in [6.07, 6.45) is 0.246. The zero-order valence-electron chi connectivity index (χ0n) is 17.2. The van der Waals surface area contributed by atoms with E-state index < -0.39 is 18.0 Å². The number of β-lactam (4-membered cyclic amide) rings is 1. The van der Waals surface area contributed by atoms with Gasteiger partial charge in [-0.05, 0) is 13.3 Å². The maximum atomic E-state index is 12.4. The largest absolute Gasteiger partial charge is 0.477 e. The lowest BCUT2D eigenvalue weighted by atomic mass is 9.79. The number of likely N-dealkylation sites (tertiary alicyclic amines) is 1. The molecule has 2 N–H and O–H groups in total. The number of carboxylic acids is 1. The van der Waals surface area contributed by atoms with E-state index in [4.69, 9.17) is 0 Å². The molecule has 31 heavy (non-hydrogen) atoms. The molecule has 0 aromatic carbocycles. The Bertz CT molecular complexity index is 982. The number of nitrogens with zero attached hydrogens (tertiary/aromatic N) is 4. The summed E-state index contributed by atoms with van der Waals surface area (Å²) in [4.78, 5) is 47.1. The summed E-state index contributed by atoms with van der Waals surface area (Å²) >= 11 is 2.96. The van der Waals surface area contributed by atoms with Crippen molar-refractivity contribution in [2.24, 2.45) is 11.8 Å². The van der Waals surface area contributed by atoms with Gasteiger partial charge in [0.05, 0.1) is 18.1 Å². The molecule has 0 saturated carbocycles. The first-order chi connectivity index (χ1) is 14.8. The molecule has 0 aliphatic carbocycles. The van der Waals surface area contributed by atoms with Crippen LogP contribution in [0.1, 0.15) is 30.8 Å². The monoisotopic (exact) mass is 464 g/mol. The van der Waals surface area contributed by atoms with Gasteiger partial charge in [-0.2, -0.15) is 0 Å². The Hall–Kier alpha value is -2.11. The number of aromatic nitrogens is 1. The lowest BCUT2D eigenvalue weighted by Crippen LogP contribution is -2.63. The van der Waals surface area contributed by atoms with Gasteiger partial charge in [0.2, 0.25) is 5.91 Å². The molecule has 166 valence electrons. The van der Waals surface area contributed by atoms with Crippen LogP contribution in [-0.4, -0.2) is 86.4 Å². The van der Waals surface area contributed by atoms with Gasteiger partial charge >= 0.3 is 5.97 Å². The number of carboxylic acid groups (broad SMARTS) is 1. The topological polar surface area (TPSA) is 114 Å². The highest BCUT2D eigenvalue weighted by Gasteiger charge is 2.60.